The summed E-state index contributed by atoms with van der Waals surface area (Å²) in [6.07, 6.45) is -4.54. The van der Waals surface area contributed by atoms with E-state index in [0.717, 1.165) is 4.57 Å². The average Bonchev–Trinajstić information content (AvgIpc) is 2.66. The Labute approximate surface area is 114 Å². The topological polar surface area (TPSA) is 50.2 Å². The molecule has 9 heteroatoms. The van der Waals surface area contributed by atoms with Crippen molar-refractivity contribution in [3.63, 3.8) is 0 Å². The number of halogens is 4. The number of nitrogens with one attached hydrogen (secondary N) is 1. The van der Waals surface area contributed by atoms with E-state index >= 15 is 0 Å². The van der Waals surface area contributed by atoms with Crippen molar-refractivity contribution in [1.29, 1.82) is 0 Å². The Balaban J connectivity index is 0.00000180. The first-order valence-electron chi connectivity index (χ1n) is 5.41. The number of nitrogens with zero attached hydrogens (tertiary/aromatic N) is 3. The number of hydrogen-bond donors (Lipinski definition) is 1. The molecule has 1 aliphatic rings. The van der Waals surface area contributed by atoms with Crippen LogP contribution in [0.1, 0.15) is 22.0 Å². The van der Waals surface area contributed by atoms with Gasteiger partial charge >= 0.3 is 6.18 Å². The molecular formula is C10H14ClF3N4O. The van der Waals surface area contributed by atoms with E-state index in [-0.39, 0.29) is 31.2 Å². The monoisotopic (exact) mass is 298 g/mol. The molecular weight excluding hydrogens is 285 g/mol. The van der Waals surface area contributed by atoms with Gasteiger partial charge in [0.1, 0.15) is 0 Å². The van der Waals surface area contributed by atoms with Crippen LogP contribution in [0.15, 0.2) is 0 Å². The van der Waals surface area contributed by atoms with Gasteiger partial charge in [-0.05, 0) is 0 Å². The van der Waals surface area contributed by atoms with Gasteiger partial charge in [-0.25, -0.2) is 4.98 Å². The highest BCUT2D eigenvalue weighted by atomic mass is 35.5. The molecule has 1 N–H and O–H groups in total. The summed E-state index contributed by atoms with van der Waals surface area (Å²) in [7, 11) is 2.97. The van der Waals surface area contributed by atoms with E-state index < -0.39 is 17.9 Å². The number of aromatic nitrogens is 2. The highest BCUT2D eigenvalue weighted by molar-refractivity contribution is 5.93. The molecule has 0 unspecified atom stereocenters. The second-order valence-electron chi connectivity index (χ2n) is 4.26. The smallest absolute Gasteiger partial charge is 0.343 e. The van der Waals surface area contributed by atoms with Gasteiger partial charge in [-0.2, -0.15) is 13.2 Å². The third-order valence-corrected chi connectivity index (χ3v) is 2.74. The minimum Gasteiger partial charge on any atom is -0.343 e. The molecule has 0 saturated carbocycles. The van der Waals surface area contributed by atoms with Crippen LogP contribution in [0.25, 0.3) is 0 Å². The highest BCUT2D eigenvalue weighted by Crippen LogP contribution is 2.31. The van der Waals surface area contributed by atoms with E-state index in [4.69, 9.17) is 0 Å². The van der Waals surface area contributed by atoms with Crippen LogP contribution < -0.4 is 5.32 Å². The quantitative estimate of drug-likeness (QED) is 0.845. The first-order valence-corrected chi connectivity index (χ1v) is 5.41. The number of amides is 1. The SMILES string of the molecule is CN(C)C(=O)c1nc(C(F)(F)F)n2c1CNCC2.Cl. The lowest BCUT2D eigenvalue weighted by molar-refractivity contribution is -0.147. The van der Waals surface area contributed by atoms with Gasteiger partial charge in [0.25, 0.3) is 5.91 Å². The second-order valence-corrected chi connectivity index (χ2v) is 4.26. The number of rotatable bonds is 1. The minimum atomic E-state index is -4.54. The zero-order valence-corrected chi connectivity index (χ0v) is 11.2. The van der Waals surface area contributed by atoms with Gasteiger partial charge in [-0.1, -0.05) is 0 Å². The van der Waals surface area contributed by atoms with Gasteiger partial charge in [0.2, 0.25) is 5.82 Å². The Morgan fingerprint density at radius 2 is 2.05 bits per heavy atom. The van der Waals surface area contributed by atoms with Crippen LogP contribution in [-0.2, 0) is 19.3 Å². The third kappa shape index (κ3) is 2.84. The molecule has 0 aliphatic carbocycles. The molecule has 1 aromatic rings. The van der Waals surface area contributed by atoms with E-state index in [9.17, 15) is 18.0 Å². The lowest BCUT2D eigenvalue weighted by Crippen LogP contribution is -2.32. The first-order chi connectivity index (χ1) is 8.32. The number of imidazole rings is 1. The van der Waals surface area contributed by atoms with Crippen LogP contribution in [0.3, 0.4) is 0 Å². The standard InChI is InChI=1S/C10H13F3N4O.ClH/c1-16(2)8(18)7-6-5-14-3-4-17(6)9(15-7)10(11,12)13;/h14H,3-5H2,1-2H3;1H. The number of fused-ring (bicyclic) bond motifs is 1. The maximum absolute atomic E-state index is 12.8. The molecule has 5 nitrogen and oxygen atoms in total. The number of carbonyl (C=O) groups excluding carboxylic acids is 1. The third-order valence-electron chi connectivity index (χ3n) is 2.74. The van der Waals surface area contributed by atoms with Crippen molar-refractivity contribution in [2.75, 3.05) is 20.6 Å². The molecule has 1 aromatic heterocycles. The predicted octanol–water partition coefficient (Wildman–Crippen LogP) is 1.13. The van der Waals surface area contributed by atoms with Crippen LogP contribution in [-0.4, -0.2) is 41.0 Å². The van der Waals surface area contributed by atoms with E-state index in [1.807, 2.05) is 0 Å². The predicted molar refractivity (Wildman–Crippen MR) is 64.2 cm³/mol. The summed E-state index contributed by atoms with van der Waals surface area (Å²) < 4.78 is 39.6. The Hall–Kier alpha value is -1.28. The van der Waals surface area contributed by atoms with Crippen molar-refractivity contribution in [3.8, 4) is 0 Å². The molecule has 0 aromatic carbocycles. The van der Waals surface area contributed by atoms with E-state index in [1.54, 1.807) is 0 Å². The van der Waals surface area contributed by atoms with Crippen LogP contribution >= 0.6 is 12.4 Å². The molecule has 0 spiro atoms. The molecule has 0 saturated heterocycles. The minimum absolute atomic E-state index is 0. The molecule has 0 fully saturated rings. The zero-order valence-electron chi connectivity index (χ0n) is 10.4. The summed E-state index contributed by atoms with van der Waals surface area (Å²) in [6.45, 7) is 0.817. The van der Waals surface area contributed by atoms with Gasteiger partial charge in [0.15, 0.2) is 5.69 Å². The van der Waals surface area contributed by atoms with Crippen LogP contribution in [0.4, 0.5) is 13.2 Å². The lowest BCUT2D eigenvalue weighted by Gasteiger charge is -2.19. The van der Waals surface area contributed by atoms with Gasteiger partial charge in [-0.3, -0.25) is 4.79 Å². The van der Waals surface area contributed by atoms with Crippen LogP contribution in [0, 0.1) is 0 Å². The Morgan fingerprint density at radius 1 is 1.42 bits per heavy atom. The van der Waals surface area contributed by atoms with Gasteiger partial charge < -0.3 is 14.8 Å². The van der Waals surface area contributed by atoms with Gasteiger partial charge in [-0.15, -0.1) is 12.4 Å². The van der Waals surface area contributed by atoms with Crippen molar-refractivity contribution in [2.45, 2.75) is 19.3 Å². The summed E-state index contributed by atoms with van der Waals surface area (Å²) in [5.74, 6) is -1.51. The van der Waals surface area contributed by atoms with Crippen LogP contribution in [0.2, 0.25) is 0 Å². The first kappa shape index (κ1) is 15.8. The average molecular weight is 299 g/mol. The fourth-order valence-electron chi connectivity index (χ4n) is 1.90. The van der Waals surface area contributed by atoms with E-state index in [1.165, 1.54) is 19.0 Å². The molecule has 108 valence electrons. The summed E-state index contributed by atoms with van der Waals surface area (Å²) in [4.78, 5) is 16.5. The molecule has 2 heterocycles. The van der Waals surface area contributed by atoms with Crippen LogP contribution in [0.5, 0.6) is 0 Å². The molecule has 0 atom stereocenters. The Morgan fingerprint density at radius 3 is 2.58 bits per heavy atom. The van der Waals surface area contributed by atoms with E-state index in [2.05, 4.69) is 10.3 Å². The molecule has 1 amide bonds. The number of carbonyl (C=O) groups is 1. The molecule has 0 radical (unpaired) electrons. The second kappa shape index (κ2) is 5.38. The number of hydrogen-bond acceptors (Lipinski definition) is 3. The van der Waals surface area contributed by atoms with Crippen molar-refractivity contribution >= 4 is 18.3 Å². The zero-order chi connectivity index (χ0) is 13.5. The molecule has 19 heavy (non-hydrogen) atoms. The summed E-state index contributed by atoms with van der Waals surface area (Å²) in [5, 5.41) is 2.94. The fourth-order valence-corrected chi connectivity index (χ4v) is 1.90. The Bertz CT molecular complexity index is 484. The Kier molecular flexibility index (Phi) is 4.46. The van der Waals surface area contributed by atoms with E-state index in [0.29, 0.717) is 12.2 Å². The molecule has 0 bridgehead atoms. The van der Waals surface area contributed by atoms with Crippen molar-refractivity contribution < 1.29 is 18.0 Å². The molecule has 2 rings (SSSR count). The van der Waals surface area contributed by atoms with Crippen molar-refractivity contribution in [2.24, 2.45) is 0 Å². The summed E-state index contributed by atoms with van der Waals surface area (Å²) >= 11 is 0. The van der Waals surface area contributed by atoms with Gasteiger partial charge in [0.05, 0.1) is 5.69 Å². The van der Waals surface area contributed by atoms with Gasteiger partial charge in [0, 0.05) is 33.7 Å². The lowest BCUT2D eigenvalue weighted by atomic mass is 10.2. The molecule has 1 aliphatic heterocycles. The largest absolute Gasteiger partial charge is 0.449 e. The maximum atomic E-state index is 12.8. The number of alkyl halides is 3. The van der Waals surface area contributed by atoms with Crippen molar-refractivity contribution in [3.05, 3.63) is 17.2 Å². The summed E-state index contributed by atoms with van der Waals surface area (Å²) in [6, 6.07) is 0. The fraction of sp³-hybridized carbons (Fsp3) is 0.600. The maximum Gasteiger partial charge on any atom is 0.449 e. The van der Waals surface area contributed by atoms with Crippen molar-refractivity contribution in [1.82, 2.24) is 19.8 Å². The highest BCUT2D eigenvalue weighted by Gasteiger charge is 2.40. The normalized spacial score (nSPS) is 14.6. The summed E-state index contributed by atoms with van der Waals surface area (Å²) in [5.41, 5.74) is 0.173.